The van der Waals surface area contributed by atoms with Crippen molar-refractivity contribution in [2.75, 3.05) is 0 Å². The van der Waals surface area contributed by atoms with E-state index in [4.69, 9.17) is 9.47 Å². The summed E-state index contributed by atoms with van der Waals surface area (Å²) in [6.07, 6.45) is 21.6. The van der Waals surface area contributed by atoms with E-state index in [9.17, 15) is 0 Å². The zero-order valence-electron chi connectivity index (χ0n) is 25.8. The van der Waals surface area contributed by atoms with Crippen molar-refractivity contribution in [3.63, 3.8) is 0 Å². The topological polar surface area (TPSA) is 89.7 Å². The summed E-state index contributed by atoms with van der Waals surface area (Å²) in [7, 11) is 0. The van der Waals surface area contributed by atoms with Gasteiger partial charge in [0, 0.05) is 75.1 Å². The minimum atomic E-state index is 0.670. The van der Waals surface area contributed by atoms with Gasteiger partial charge in [-0.05, 0) is 96.3 Å². The van der Waals surface area contributed by atoms with Gasteiger partial charge in [-0.1, -0.05) is 28.1 Å². The lowest BCUT2D eigenvalue weighted by Crippen LogP contribution is -2.05. The van der Waals surface area contributed by atoms with Crippen LogP contribution in [0.15, 0.2) is 166 Å². The fraction of sp³-hybridized carbons (Fsp3) is 0. The van der Waals surface area contributed by atoms with Crippen LogP contribution in [0.5, 0.6) is 23.0 Å². The van der Waals surface area contributed by atoms with Crippen LogP contribution in [0.1, 0.15) is 0 Å². The summed E-state index contributed by atoms with van der Waals surface area (Å²) in [5, 5.41) is 0. The highest BCUT2D eigenvalue weighted by molar-refractivity contribution is 9.13. The lowest BCUT2D eigenvalue weighted by Gasteiger charge is -2.18. The summed E-state index contributed by atoms with van der Waals surface area (Å²) >= 11 is 13.8. The zero-order valence-corrected chi connectivity index (χ0v) is 32.1. The first-order valence-corrected chi connectivity index (χ1v) is 18.1. The van der Waals surface area contributed by atoms with Crippen molar-refractivity contribution in [3.8, 4) is 45.7 Å². The number of nitrogens with zero attached hydrogens (tertiary/aromatic N) is 8. The Morgan fingerprint density at radius 3 is 1.56 bits per heavy atom. The van der Waals surface area contributed by atoms with Gasteiger partial charge in [-0.15, -0.1) is 0 Å². The standard InChI is InChI=1S/C24H18N8O.C12H6Br4O/c1-2-19(29-8-4-25-15-29)12-20(3-1)33-24-14-22(31-10-6-27-17-31)21(30-9-5-26-16-30)13-23(24)32-11-7-28-18-32;13-7-2-1-3-8(4-7)17-12-6-10(15)9(14)5-11(12)16/h1-18H;1-6H. The maximum atomic E-state index is 6.44. The van der Waals surface area contributed by atoms with E-state index in [0.717, 1.165) is 52.1 Å². The number of hydrogen-bond acceptors (Lipinski definition) is 6. The number of aromatic nitrogens is 8. The van der Waals surface area contributed by atoms with Crippen LogP contribution < -0.4 is 9.47 Å². The van der Waals surface area contributed by atoms with Crippen molar-refractivity contribution >= 4 is 63.7 Å². The fourth-order valence-electron chi connectivity index (χ4n) is 4.94. The summed E-state index contributed by atoms with van der Waals surface area (Å²) in [5.74, 6) is 2.92. The third-order valence-corrected chi connectivity index (χ3v) is 10.2. The molecule has 4 heterocycles. The van der Waals surface area contributed by atoms with Crippen LogP contribution in [-0.4, -0.2) is 38.2 Å². The minimum Gasteiger partial charge on any atom is -0.456 e. The Labute approximate surface area is 320 Å². The third-order valence-electron chi connectivity index (χ3n) is 7.25. The molecule has 0 bridgehead atoms. The highest BCUT2D eigenvalue weighted by atomic mass is 79.9. The molecule has 0 saturated heterocycles. The van der Waals surface area contributed by atoms with E-state index in [1.54, 1.807) is 50.1 Å². The first-order chi connectivity index (χ1) is 24.4. The Hall–Kier alpha value is -4.76. The van der Waals surface area contributed by atoms with E-state index in [1.165, 1.54) is 0 Å². The fourth-order valence-corrected chi connectivity index (χ4v) is 6.71. The van der Waals surface area contributed by atoms with Crippen molar-refractivity contribution in [2.24, 2.45) is 0 Å². The number of ether oxygens (including phenoxy) is 2. The minimum absolute atomic E-state index is 0.670. The van der Waals surface area contributed by atoms with E-state index < -0.39 is 0 Å². The van der Waals surface area contributed by atoms with Crippen molar-refractivity contribution in [1.82, 2.24) is 38.2 Å². The highest BCUT2D eigenvalue weighted by Gasteiger charge is 2.16. The van der Waals surface area contributed by atoms with Crippen LogP contribution in [0.4, 0.5) is 0 Å². The maximum absolute atomic E-state index is 6.44. The molecule has 0 unspecified atom stereocenters. The molecule has 0 atom stereocenters. The van der Waals surface area contributed by atoms with E-state index in [0.29, 0.717) is 11.5 Å². The molecule has 14 heteroatoms. The largest absolute Gasteiger partial charge is 0.456 e. The van der Waals surface area contributed by atoms with Crippen molar-refractivity contribution in [2.45, 2.75) is 0 Å². The Morgan fingerprint density at radius 1 is 0.440 bits per heavy atom. The van der Waals surface area contributed by atoms with Gasteiger partial charge in [-0.25, -0.2) is 19.9 Å². The van der Waals surface area contributed by atoms with Crippen LogP contribution >= 0.6 is 63.7 Å². The molecule has 50 heavy (non-hydrogen) atoms. The van der Waals surface area contributed by atoms with Gasteiger partial charge in [0.2, 0.25) is 0 Å². The van der Waals surface area contributed by atoms with Gasteiger partial charge < -0.3 is 27.7 Å². The zero-order chi connectivity index (χ0) is 34.5. The molecule has 4 aromatic carbocycles. The molecule has 0 aliphatic heterocycles. The molecule has 0 saturated carbocycles. The molecule has 0 aliphatic carbocycles. The Morgan fingerprint density at radius 2 is 0.960 bits per heavy atom. The van der Waals surface area contributed by atoms with Gasteiger partial charge in [0.15, 0.2) is 5.75 Å². The number of imidazole rings is 4. The summed E-state index contributed by atoms with van der Waals surface area (Å²) in [6.45, 7) is 0. The molecule has 248 valence electrons. The van der Waals surface area contributed by atoms with Crippen LogP contribution in [-0.2, 0) is 0 Å². The van der Waals surface area contributed by atoms with Crippen LogP contribution in [0.2, 0.25) is 0 Å². The first-order valence-electron chi connectivity index (χ1n) is 14.9. The Balaban J connectivity index is 0.000000195. The van der Waals surface area contributed by atoms with Gasteiger partial charge in [0.25, 0.3) is 0 Å². The number of benzene rings is 4. The SMILES string of the molecule is Brc1cccc(Oc2cc(Br)c(Br)cc2Br)c1.c1cc(Oc2cc(-n3ccnc3)c(-n3ccnc3)cc2-n2ccnc2)cc(-n2ccnc2)c1. The molecule has 0 aliphatic rings. The summed E-state index contributed by atoms with van der Waals surface area (Å²) in [5.41, 5.74) is 3.62. The number of rotatable bonds is 8. The maximum Gasteiger partial charge on any atom is 0.153 e. The molecule has 8 aromatic rings. The third kappa shape index (κ3) is 7.83. The van der Waals surface area contributed by atoms with E-state index in [2.05, 4.69) is 83.7 Å². The normalized spacial score (nSPS) is 10.8. The Bertz CT molecular complexity index is 2330. The van der Waals surface area contributed by atoms with Crippen LogP contribution in [0, 0.1) is 0 Å². The summed E-state index contributed by atoms with van der Waals surface area (Å²) in [4.78, 5) is 16.8. The van der Waals surface area contributed by atoms with Gasteiger partial charge in [-0.2, -0.15) is 0 Å². The molecule has 8 rings (SSSR count). The lowest BCUT2D eigenvalue weighted by molar-refractivity contribution is 0.478. The smallest absolute Gasteiger partial charge is 0.153 e. The lowest BCUT2D eigenvalue weighted by atomic mass is 10.2. The number of halogens is 4. The van der Waals surface area contributed by atoms with E-state index in [-0.39, 0.29) is 0 Å². The predicted molar refractivity (Wildman–Crippen MR) is 205 cm³/mol. The quantitative estimate of drug-likeness (QED) is 0.141. The molecule has 0 amide bonds. The second-order valence-electron chi connectivity index (χ2n) is 10.5. The van der Waals surface area contributed by atoms with Gasteiger partial charge in [-0.3, -0.25) is 0 Å². The van der Waals surface area contributed by atoms with Crippen LogP contribution in [0.3, 0.4) is 0 Å². The molecule has 4 aromatic heterocycles. The molecular formula is C36H24Br4N8O2. The Kier molecular flexibility index (Phi) is 10.4. The molecule has 0 spiro atoms. The summed E-state index contributed by atoms with van der Waals surface area (Å²) in [6, 6.07) is 23.5. The molecular weight excluding hydrogens is 896 g/mol. The predicted octanol–water partition coefficient (Wildman–Crippen LogP) is 10.8. The number of hydrogen-bond donors (Lipinski definition) is 0. The second-order valence-corrected chi connectivity index (χ2v) is 14.0. The van der Waals surface area contributed by atoms with Crippen molar-refractivity contribution in [1.29, 1.82) is 0 Å². The van der Waals surface area contributed by atoms with E-state index >= 15 is 0 Å². The second kappa shape index (κ2) is 15.4. The monoisotopic (exact) mass is 916 g/mol. The molecule has 10 nitrogen and oxygen atoms in total. The van der Waals surface area contributed by atoms with Gasteiger partial charge in [0.1, 0.15) is 17.2 Å². The van der Waals surface area contributed by atoms with Crippen molar-refractivity contribution in [3.05, 3.63) is 166 Å². The molecule has 0 N–H and O–H groups in total. The van der Waals surface area contributed by atoms with Crippen LogP contribution in [0.25, 0.3) is 22.7 Å². The van der Waals surface area contributed by atoms with Gasteiger partial charge >= 0.3 is 0 Å². The molecule has 0 fully saturated rings. The van der Waals surface area contributed by atoms with E-state index in [1.807, 2.05) is 116 Å². The first kappa shape index (κ1) is 33.7. The average molecular weight is 920 g/mol. The summed E-state index contributed by atoms with van der Waals surface area (Å²) < 4.78 is 23.8. The van der Waals surface area contributed by atoms with Crippen molar-refractivity contribution < 1.29 is 9.47 Å². The van der Waals surface area contributed by atoms with Gasteiger partial charge in [0.05, 0.1) is 52.5 Å². The molecule has 0 radical (unpaired) electrons. The highest BCUT2D eigenvalue weighted by Crippen LogP contribution is 2.38. The average Bonchev–Trinajstić information content (AvgIpc) is 3.96.